The van der Waals surface area contributed by atoms with E-state index in [4.69, 9.17) is 4.42 Å². The number of hydrogen-bond acceptors (Lipinski definition) is 5. The SMILES string of the molecule is C1=CCC(N(c2ccc3oc4ccc(N(c5ccccc5)c5ccc(N(c6ccccc6)c6ccccc6)cc5)cc4c3c2)c2ccc(N(c3ccccc3)c3ccccc3)c3ccccc23)C=C1. The van der Waals surface area contributed by atoms with Gasteiger partial charge in [0.2, 0.25) is 0 Å². The maximum atomic E-state index is 6.63. The first-order chi connectivity index (χ1) is 34.2. The Morgan fingerprint density at radius 1 is 0.304 bits per heavy atom. The molecule has 11 aromatic rings. The lowest BCUT2D eigenvalue weighted by Gasteiger charge is -2.35. The fourth-order valence-electron chi connectivity index (χ4n) is 9.94. The Balaban J connectivity index is 0.968. The van der Waals surface area contributed by atoms with Crippen molar-refractivity contribution in [1.29, 1.82) is 0 Å². The van der Waals surface area contributed by atoms with Gasteiger partial charge in [-0.05, 0) is 140 Å². The van der Waals surface area contributed by atoms with Crippen LogP contribution in [-0.2, 0) is 0 Å². The van der Waals surface area contributed by atoms with E-state index in [2.05, 4.69) is 293 Å². The van der Waals surface area contributed by atoms with Crippen molar-refractivity contribution < 1.29 is 4.42 Å². The van der Waals surface area contributed by atoms with Crippen molar-refractivity contribution in [3.63, 3.8) is 0 Å². The third-order valence-corrected chi connectivity index (χ3v) is 13.1. The lowest BCUT2D eigenvalue weighted by molar-refractivity contribution is 0.669. The van der Waals surface area contributed by atoms with E-state index in [1.54, 1.807) is 0 Å². The molecule has 0 spiro atoms. The maximum absolute atomic E-state index is 6.63. The predicted octanol–water partition coefficient (Wildman–Crippen LogP) is 18.2. The number of hydrogen-bond donors (Lipinski definition) is 0. The summed E-state index contributed by atoms with van der Waals surface area (Å²) in [5.74, 6) is 0. The van der Waals surface area contributed by atoms with Crippen LogP contribution in [0.1, 0.15) is 6.42 Å². The maximum Gasteiger partial charge on any atom is 0.135 e. The van der Waals surface area contributed by atoms with Gasteiger partial charge >= 0.3 is 0 Å². The number of nitrogens with zero attached hydrogens (tertiary/aromatic N) is 4. The van der Waals surface area contributed by atoms with E-state index in [0.29, 0.717) is 0 Å². The standard InChI is InChI=1S/C64H48N4O/c1-7-21-47(22-8-1)65(48-23-9-2-10-24-48)53-35-37-54(38-36-53)66(49-25-11-3-12-26-49)55-39-43-63-59(45-55)60-46-56(40-44-64(60)69-63)68(52-31-17-6-18-32-52)62-42-41-61(57-33-19-20-34-58(57)62)67(50-27-13-4-14-28-50)51-29-15-5-16-30-51/h1-31,33-46,52H,32H2. The Kier molecular flexibility index (Phi) is 11.0. The predicted molar refractivity (Wildman–Crippen MR) is 291 cm³/mol. The number of fused-ring (bicyclic) bond motifs is 4. The minimum absolute atomic E-state index is 0.0889. The fourth-order valence-corrected chi connectivity index (χ4v) is 9.94. The van der Waals surface area contributed by atoms with E-state index >= 15 is 0 Å². The summed E-state index contributed by atoms with van der Waals surface area (Å²) in [6.07, 6.45) is 9.79. The van der Waals surface area contributed by atoms with Crippen LogP contribution in [0.2, 0.25) is 0 Å². The van der Waals surface area contributed by atoms with Gasteiger partial charge in [0, 0.05) is 78.4 Å². The Hall–Kier alpha value is -9.06. The number of rotatable bonds is 12. The van der Waals surface area contributed by atoms with Gasteiger partial charge < -0.3 is 24.0 Å². The van der Waals surface area contributed by atoms with Gasteiger partial charge in [-0.25, -0.2) is 0 Å². The van der Waals surface area contributed by atoms with E-state index in [1.807, 2.05) is 0 Å². The largest absolute Gasteiger partial charge is 0.456 e. The van der Waals surface area contributed by atoms with Gasteiger partial charge in [0.05, 0.1) is 11.7 Å². The molecule has 1 unspecified atom stereocenters. The molecule has 0 N–H and O–H groups in total. The zero-order valence-electron chi connectivity index (χ0n) is 38.0. The van der Waals surface area contributed by atoms with E-state index in [0.717, 1.165) is 90.9 Å². The molecule has 10 aromatic carbocycles. The normalized spacial score (nSPS) is 13.2. The number of para-hydroxylation sites is 5. The summed E-state index contributed by atoms with van der Waals surface area (Å²) in [7, 11) is 0. The summed E-state index contributed by atoms with van der Waals surface area (Å²) in [5.41, 5.74) is 13.7. The topological polar surface area (TPSA) is 26.1 Å². The molecule has 1 aliphatic carbocycles. The molecule has 1 atom stereocenters. The average molecular weight is 889 g/mol. The van der Waals surface area contributed by atoms with Crippen molar-refractivity contribution >= 4 is 95.3 Å². The van der Waals surface area contributed by atoms with Crippen LogP contribution in [0, 0.1) is 0 Å². The molecule has 0 saturated heterocycles. The van der Waals surface area contributed by atoms with Crippen LogP contribution in [0.25, 0.3) is 32.7 Å². The third-order valence-electron chi connectivity index (χ3n) is 13.1. The van der Waals surface area contributed by atoms with Gasteiger partial charge in [-0.15, -0.1) is 0 Å². The van der Waals surface area contributed by atoms with Crippen molar-refractivity contribution in [2.24, 2.45) is 0 Å². The van der Waals surface area contributed by atoms with E-state index in [9.17, 15) is 0 Å². The second-order valence-corrected chi connectivity index (χ2v) is 17.3. The molecule has 0 bridgehead atoms. The van der Waals surface area contributed by atoms with Crippen LogP contribution >= 0.6 is 0 Å². The highest BCUT2D eigenvalue weighted by Gasteiger charge is 2.25. The Bertz CT molecular complexity index is 3510. The van der Waals surface area contributed by atoms with Crippen LogP contribution in [0.3, 0.4) is 0 Å². The molecule has 330 valence electrons. The lowest BCUT2D eigenvalue weighted by Crippen LogP contribution is -2.30. The molecule has 69 heavy (non-hydrogen) atoms. The number of anilines is 11. The highest BCUT2D eigenvalue weighted by Crippen LogP contribution is 2.46. The van der Waals surface area contributed by atoms with Gasteiger partial charge in [0.1, 0.15) is 11.2 Å². The summed E-state index contributed by atoms with van der Waals surface area (Å²) in [6, 6.07) is 88.6. The zero-order chi connectivity index (χ0) is 45.9. The summed E-state index contributed by atoms with van der Waals surface area (Å²) in [5, 5.41) is 4.47. The van der Waals surface area contributed by atoms with Crippen LogP contribution in [0.5, 0.6) is 0 Å². The van der Waals surface area contributed by atoms with Crippen molar-refractivity contribution in [1.82, 2.24) is 0 Å². The Morgan fingerprint density at radius 3 is 1.16 bits per heavy atom. The van der Waals surface area contributed by atoms with Crippen molar-refractivity contribution in [3.8, 4) is 0 Å². The molecule has 0 amide bonds. The Morgan fingerprint density at radius 2 is 0.681 bits per heavy atom. The highest BCUT2D eigenvalue weighted by molar-refractivity contribution is 6.10. The van der Waals surface area contributed by atoms with Crippen molar-refractivity contribution in [2.45, 2.75) is 12.5 Å². The molecular formula is C64H48N4O. The Labute approximate surface area is 403 Å². The molecule has 1 aliphatic rings. The molecule has 12 rings (SSSR count). The first-order valence-corrected chi connectivity index (χ1v) is 23.6. The van der Waals surface area contributed by atoms with Gasteiger partial charge in [-0.2, -0.15) is 0 Å². The highest BCUT2D eigenvalue weighted by atomic mass is 16.3. The summed E-state index contributed by atoms with van der Waals surface area (Å²) in [6.45, 7) is 0. The van der Waals surface area contributed by atoms with E-state index < -0.39 is 0 Å². The molecule has 1 heterocycles. The number of benzene rings is 10. The molecular weight excluding hydrogens is 841 g/mol. The molecule has 0 saturated carbocycles. The smallest absolute Gasteiger partial charge is 0.135 e. The van der Waals surface area contributed by atoms with Crippen LogP contribution in [0.15, 0.2) is 277 Å². The molecule has 0 radical (unpaired) electrons. The second-order valence-electron chi connectivity index (χ2n) is 17.3. The van der Waals surface area contributed by atoms with Gasteiger partial charge in [0.15, 0.2) is 0 Å². The molecule has 0 aliphatic heterocycles. The lowest BCUT2D eigenvalue weighted by atomic mass is 9.99. The zero-order valence-corrected chi connectivity index (χ0v) is 38.0. The molecule has 5 nitrogen and oxygen atoms in total. The number of allylic oxidation sites excluding steroid dienone is 2. The van der Waals surface area contributed by atoms with Crippen molar-refractivity contribution in [2.75, 3.05) is 19.6 Å². The first-order valence-electron chi connectivity index (χ1n) is 23.6. The quantitative estimate of drug-likeness (QED) is 0.122. The van der Waals surface area contributed by atoms with Crippen LogP contribution in [-0.4, -0.2) is 6.04 Å². The summed E-state index contributed by atoms with van der Waals surface area (Å²) >= 11 is 0. The second kappa shape index (κ2) is 18.3. The average Bonchev–Trinajstić information content (AvgIpc) is 3.79. The van der Waals surface area contributed by atoms with E-state index in [-0.39, 0.29) is 6.04 Å². The molecule has 0 fully saturated rings. The summed E-state index contributed by atoms with van der Waals surface area (Å²) < 4.78 is 6.63. The monoisotopic (exact) mass is 888 g/mol. The van der Waals surface area contributed by atoms with Gasteiger partial charge in [-0.1, -0.05) is 140 Å². The third kappa shape index (κ3) is 7.96. The molecule has 5 heteroatoms. The number of furan rings is 1. The van der Waals surface area contributed by atoms with Crippen LogP contribution in [0.4, 0.5) is 62.6 Å². The van der Waals surface area contributed by atoms with E-state index in [1.165, 1.54) is 10.8 Å². The van der Waals surface area contributed by atoms with Crippen molar-refractivity contribution in [3.05, 3.63) is 273 Å². The fraction of sp³-hybridized carbons (Fsp3) is 0.0312. The first kappa shape index (κ1) is 41.4. The van der Waals surface area contributed by atoms with Gasteiger partial charge in [-0.3, -0.25) is 0 Å². The summed E-state index contributed by atoms with van der Waals surface area (Å²) in [4.78, 5) is 9.49. The van der Waals surface area contributed by atoms with Crippen LogP contribution < -0.4 is 19.6 Å². The minimum atomic E-state index is 0.0889. The molecule has 1 aromatic heterocycles. The van der Waals surface area contributed by atoms with Gasteiger partial charge in [0.25, 0.3) is 0 Å². The minimum Gasteiger partial charge on any atom is -0.456 e.